The maximum Gasteiger partial charge on any atom is 0.407 e. The highest BCUT2D eigenvalue weighted by atomic mass is 19.1. The minimum absolute atomic E-state index is 0.140. The quantitative estimate of drug-likeness (QED) is 0.574. The monoisotopic (exact) mass is 188 g/mol. The lowest BCUT2D eigenvalue weighted by molar-refractivity contribution is 0.147. The van der Waals surface area contributed by atoms with Gasteiger partial charge in [-0.1, -0.05) is 0 Å². The number of fused-ring (bicyclic) bond motifs is 1. The summed E-state index contributed by atoms with van der Waals surface area (Å²) in [6.45, 7) is 0.767. The van der Waals surface area contributed by atoms with Crippen LogP contribution in [0.1, 0.15) is 6.42 Å². The number of halogens is 1. The minimum Gasteiger partial charge on any atom is -0.465 e. The number of hydrogen-bond donors (Lipinski definition) is 2. The second kappa shape index (κ2) is 2.83. The first-order chi connectivity index (χ1) is 6.09. The highest BCUT2D eigenvalue weighted by molar-refractivity contribution is 5.65. The SMILES string of the molecule is N[C@@H]1C[C@H]2CN(C(=O)O)C[C@H]2[C@@H]1F. The van der Waals surface area contributed by atoms with Gasteiger partial charge in [0.05, 0.1) is 0 Å². The number of carbonyl (C=O) groups is 1. The first kappa shape index (κ1) is 8.74. The maximum absolute atomic E-state index is 13.4. The molecule has 3 N–H and O–H groups in total. The van der Waals surface area contributed by atoms with Gasteiger partial charge in [0.2, 0.25) is 0 Å². The molecule has 0 aromatic carbocycles. The Labute approximate surface area is 75.5 Å². The summed E-state index contributed by atoms with van der Waals surface area (Å²) in [6, 6.07) is -0.383. The highest BCUT2D eigenvalue weighted by Gasteiger charge is 2.48. The predicted octanol–water partition coefficient (Wildman–Crippen LogP) is 0.281. The fourth-order valence-electron chi connectivity index (χ4n) is 2.46. The second-order valence-electron chi connectivity index (χ2n) is 3.96. The molecule has 1 aliphatic carbocycles. The lowest BCUT2D eigenvalue weighted by Crippen LogP contribution is -2.35. The molecule has 2 rings (SSSR count). The Morgan fingerprint density at radius 3 is 2.77 bits per heavy atom. The molecular formula is C8H13FN2O2. The molecule has 1 saturated heterocycles. The Morgan fingerprint density at radius 1 is 1.54 bits per heavy atom. The Morgan fingerprint density at radius 2 is 2.23 bits per heavy atom. The van der Waals surface area contributed by atoms with Gasteiger partial charge in [-0.15, -0.1) is 0 Å². The molecule has 0 spiro atoms. The third kappa shape index (κ3) is 1.27. The molecule has 1 amide bonds. The highest BCUT2D eigenvalue weighted by Crippen LogP contribution is 2.39. The summed E-state index contributed by atoms with van der Waals surface area (Å²) < 4.78 is 13.4. The van der Waals surface area contributed by atoms with Crippen LogP contribution < -0.4 is 5.73 Å². The van der Waals surface area contributed by atoms with E-state index in [-0.39, 0.29) is 17.9 Å². The van der Waals surface area contributed by atoms with Crippen molar-refractivity contribution in [1.82, 2.24) is 4.90 Å². The van der Waals surface area contributed by atoms with E-state index >= 15 is 0 Å². The molecule has 4 nitrogen and oxygen atoms in total. The summed E-state index contributed by atoms with van der Waals surface area (Å²) >= 11 is 0. The largest absolute Gasteiger partial charge is 0.465 e. The first-order valence-electron chi connectivity index (χ1n) is 4.47. The molecule has 74 valence electrons. The molecule has 0 aromatic heterocycles. The number of hydrogen-bond acceptors (Lipinski definition) is 2. The lowest BCUT2D eigenvalue weighted by atomic mass is 10.0. The zero-order valence-corrected chi connectivity index (χ0v) is 7.19. The van der Waals surface area contributed by atoms with Crippen LogP contribution in [0, 0.1) is 11.8 Å². The molecule has 0 bridgehead atoms. The predicted molar refractivity (Wildman–Crippen MR) is 44.1 cm³/mol. The fourth-order valence-corrected chi connectivity index (χ4v) is 2.46. The van der Waals surface area contributed by atoms with E-state index in [9.17, 15) is 9.18 Å². The molecule has 4 atom stereocenters. The van der Waals surface area contributed by atoms with Crippen LogP contribution in [0.4, 0.5) is 9.18 Å². The molecule has 0 aromatic rings. The summed E-state index contributed by atoms with van der Waals surface area (Å²) in [4.78, 5) is 11.9. The molecule has 2 aliphatic rings. The molecule has 1 aliphatic heterocycles. The molecular weight excluding hydrogens is 175 g/mol. The summed E-state index contributed by atoms with van der Waals surface area (Å²) in [5.74, 6) is -0.0211. The van der Waals surface area contributed by atoms with Crippen molar-refractivity contribution in [1.29, 1.82) is 0 Å². The van der Waals surface area contributed by atoms with E-state index in [0.29, 0.717) is 19.5 Å². The van der Waals surface area contributed by atoms with Crippen LogP contribution in [0.5, 0.6) is 0 Å². The molecule has 13 heavy (non-hydrogen) atoms. The zero-order valence-electron chi connectivity index (χ0n) is 7.19. The van der Waals surface area contributed by atoms with E-state index in [1.807, 2.05) is 0 Å². The Balaban J connectivity index is 2.04. The van der Waals surface area contributed by atoms with Crippen molar-refractivity contribution in [3.05, 3.63) is 0 Å². The normalized spacial score (nSPS) is 43.7. The van der Waals surface area contributed by atoms with E-state index in [4.69, 9.17) is 10.8 Å². The minimum atomic E-state index is -1.02. The van der Waals surface area contributed by atoms with Gasteiger partial charge in [-0.2, -0.15) is 0 Å². The molecule has 2 fully saturated rings. The summed E-state index contributed by atoms with van der Waals surface area (Å²) in [5.41, 5.74) is 5.55. The van der Waals surface area contributed by atoms with Crippen molar-refractivity contribution in [3.63, 3.8) is 0 Å². The van der Waals surface area contributed by atoms with Gasteiger partial charge in [-0.25, -0.2) is 9.18 Å². The number of nitrogens with zero attached hydrogens (tertiary/aromatic N) is 1. The average molecular weight is 188 g/mol. The van der Waals surface area contributed by atoms with Crippen LogP contribution in [-0.2, 0) is 0 Å². The first-order valence-corrected chi connectivity index (χ1v) is 4.47. The maximum atomic E-state index is 13.4. The summed E-state index contributed by atoms with van der Waals surface area (Å²) in [5, 5.41) is 8.69. The van der Waals surface area contributed by atoms with Gasteiger partial charge in [0.25, 0.3) is 0 Å². The topological polar surface area (TPSA) is 66.6 Å². The Kier molecular flexibility index (Phi) is 1.91. The number of carboxylic acid groups (broad SMARTS) is 1. The van der Waals surface area contributed by atoms with Crippen LogP contribution >= 0.6 is 0 Å². The van der Waals surface area contributed by atoms with Crippen LogP contribution in [0.25, 0.3) is 0 Å². The third-order valence-corrected chi connectivity index (χ3v) is 3.16. The van der Waals surface area contributed by atoms with Gasteiger partial charge in [-0.3, -0.25) is 0 Å². The number of alkyl halides is 1. The number of likely N-dealkylation sites (tertiary alicyclic amines) is 1. The van der Waals surface area contributed by atoms with E-state index < -0.39 is 12.3 Å². The van der Waals surface area contributed by atoms with E-state index in [0.717, 1.165) is 0 Å². The lowest BCUT2D eigenvalue weighted by Gasteiger charge is -2.16. The van der Waals surface area contributed by atoms with Crippen LogP contribution in [0.2, 0.25) is 0 Å². The molecule has 0 radical (unpaired) electrons. The van der Waals surface area contributed by atoms with Crippen molar-refractivity contribution in [2.75, 3.05) is 13.1 Å². The van der Waals surface area contributed by atoms with Crippen molar-refractivity contribution < 1.29 is 14.3 Å². The second-order valence-corrected chi connectivity index (χ2v) is 3.96. The molecule has 1 saturated carbocycles. The van der Waals surface area contributed by atoms with Crippen LogP contribution in [-0.4, -0.2) is 41.4 Å². The van der Waals surface area contributed by atoms with Crippen molar-refractivity contribution in [2.24, 2.45) is 17.6 Å². The standard InChI is InChI=1S/C8H13FN2O2/c9-7-5-3-11(8(12)13)2-4(5)1-6(7)10/h4-7H,1-3,10H2,(H,12,13)/t4-,5+,6+,7-/m0/s1. The van der Waals surface area contributed by atoms with Gasteiger partial charge >= 0.3 is 6.09 Å². The molecule has 0 unspecified atom stereocenters. The van der Waals surface area contributed by atoms with Crippen LogP contribution in [0.3, 0.4) is 0 Å². The fraction of sp³-hybridized carbons (Fsp3) is 0.875. The van der Waals surface area contributed by atoms with Crippen LogP contribution in [0.15, 0.2) is 0 Å². The Bertz CT molecular complexity index is 236. The number of nitrogens with two attached hydrogens (primary N) is 1. The van der Waals surface area contributed by atoms with Gasteiger partial charge in [0.1, 0.15) is 6.17 Å². The van der Waals surface area contributed by atoms with Crippen molar-refractivity contribution in [2.45, 2.75) is 18.6 Å². The molecule has 1 heterocycles. The van der Waals surface area contributed by atoms with Gasteiger partial charge in [0, 0.05) is 25.0 Å². The molecule has 5 heteroatoms. The number of amides is 1. The average Bonchev–Trinajstić information content (AvgIpc) is 2.55. The van der Waals surface area contributed by atoms with E-state index in [2.05, 4.69) is 0 Å². The van der Waals surface area contributed by atoms with Gasteiger partial charge < -0.3 is 15.7 Å². The number of rotatable bonds is 0. The van der Waals surface area contributed by atoms with E-state index in [1.165, 1.54) is 4.90 Å². The third-order valence-electron chi connectivity index (χ3n) is 3.16. The van der Waals surface area contributed by atoms with Crippen molar-refractivity contribution >= 4 is 6.09 Å². The van der Waals surface area contributed by atoms with Crippen molar-refractivity contribution in [3.8, 4) is 0 Å². The summed E-state index contributed by atoms with van der Waals surface area (Å²) in [7, 11) is 0. The smallest absolute Gasteiger partial charge is 0.407 e. The summed E-state index contributed by atoms with van der Waals surface area (Å²) in [6.07, 6.45) is -1.35. The van der Waals surface area contributed by atoms with Gasteiger partial charge in [0.15, 0.2) is 0 Å². The van der Waals surface area contributed by atoms with Gasteiger partial charge in [-0.05, 0) is 12.3 Å². The zero-order chi connectivity index (χ0) is 9.59. The van der Waals surface area contributed by atoms with E-state index in [1.54, 1.807) is 0 Å². The Hall–Kier alpha value is -0.840.